The number of aromatic nitrogens is 2. The Bertz CT molecular complexity index is 733. The number of fused-ring (bicyclic) bond motifs is 1. The molecule has 0 radical (unpaired) electrons. The fourth-order valence-electron chi connectivity index (χ4n) is 3.52. The van der Waals surface area contributed by atoms with Crippen LogP contribution in [0, 0.1) is 6.92 Å². The highest BCUT2D eigenvalue weighted by atomic mass is 16.6. The van der Waals surface area contributed by atoms with E-state index < -0.39 is 6.10 Å². The lowest BCUT2D eigenvalue weighted by Gasteiger charge is -2.32. The zero-order chi connectivity index (χ0) is 17.2. The number of hydrogen-bond acceptors (Lipinski definition) is 7. The summed E-state index contributed by atoms with van der Waals surface area (Å²) in [5.41, 5.74) is 0.847. The molecule has 1 aromatic carbocycles. The molecule has 3 heterocycles. The standard InChI is InChI=1S/C18H23N3O4/c1-12-19-18(25-20-12)14-3-2-6-21(10-14)11-15(22)13-4-5-16-17(9-13)24-8-7-23-16/h4-5,9,14-15,22H,2-3,6-8,10-11H2,1H3/t14-,15-/m1/s1. The van der Waals surface area contributed by atoms with Crippen molar-refractivity contribution in [2.24, 2.45) is 0 Å². The van der Waals surface area contributed by atoms with E-state index in [4.69, 9.17) is 14.0 Å². The van der Waals surface area contributed by atoms with E-state index in [1.165, 1.54) is 0 Å². The van der Waals surface area contributed by atoms with Gasteiger partial charge in [0.2, 0.25) is 5.89 Å². The topological polar surface area (TPSA) is 80.9 Å². The Morgan fingerprint density at radius 3 is 2.92 bits per heavy atom. The number of aliphatic hydroxyl groups is 1. The van der Waals surface area contributed by atoms with Crippen molar-refractivity contribution in [3.63, 3.8) is 0 Å². The zero-order valence-corrected chi connectivity index (χ0v) is 14.4. The minimum Gasteiger partial charge on any atom is -0.486 e. The molecule has 0 amide bonds. The monoisotopic (exact) mass is 345 g/mol. The molecule has 7 heteroatoms. The van der Waals surface area contributed by atoms with Crippen LogP contribution in [0.4, 0.5) is 0 Å². The van der Waals surface area contributed by atoms with E-state index in [2.05, 4.69) is 15.0 Å². The van der Waals surface area contributed by atoms with Gasteiger partial charge in [-0.2, -0.15) is 4.98 Å². The predicted molar refractivity (Wildman–Crippen MR) is 89.8 cm³/mol. The molecule has 0 bridgehead atoms. The van der Waals surface area contributed by atoms with Crippen LogP contribution in [-0.2, 0) is 0 Å². The summed E-state index contributed by atoms with van der Waals surface area (Å²) >= 11 is 0. The van der Waals surface area contributed by atoms with Crippen molar-refractivity contribution < 1.29 is 19.1 Å². The van der Waals surface area contributed by atoms with Crippen LogP contribution in [0.3, 0.4) is 0 Å². The third-order valence-electron chi connectivity index (χ3n) is 4.78. The number of piperidine rings is 1. The van der Waals surface area contributed by atoms with Gasteiger partial charge in [-0.1, -0.05) is 11.2 Å². The molecule has 1 aromatic heterocycles. The summed E-state index contributed by atoms with van der Waals surface area (Å²) in [6, 6.07) is 5.65. The van der Waals surface area contributed by atoms with Crippen molar-refractivity contribution in [3.8, 4) is 11.5 Å². The Morgan fingerprint density at radius 1 is 1.28 bits per heavy atom. The minimum atomic E-state index is -0.570. The average molecular weight is 345 g/mol. The number of benzene rings is 1. The smallest absolute Gasteiger partial charge is 0.231 e. The first-order valence-electron chi connectivity index (χ1n) is 8.79. The Labute approximate surface area is 146 Å². The Kier molecular flexibility index (Phi) is 4.59. The molecular formula is C18H23N3O4. The molecule has 25 heavy (non-hydrogen) atoms. The molecule has 0 saturated carbocycles. The van der Waals surface area contributed by atoms with Crippen LogP contribution in [0.1, 0.15) is 42.1 Å². The summed E-state index contributed by atoms with van der Waals surface area (Å²) in [5, 5.41) is 14.5. The predicted octanol–water partition coefficient (Wildman–Crippen LogP) is 2.06. The van der Waals surface area contributed by atoms with Crippen LogP contribution in [0.2, 0.25) is 0 Å². The largest absolute Gasteiger partial charge is 0.486 e. The second-order valence-corrected chi connectivity index (χ2v) is 6.70. The molecule has 1 N–H and O–H groups in total. The van der Waals surface area contributed by atoms with Gasteiger partial charge in [-0.3, -0.25) is 4.90 Å². The van der Waals surface area contributed by atoms with E-state index in [-0.39, 0.29) is 5.92 Å². The Balaban J connectivity index is 1.41. The summed E-state index contributed by atoms with van der Waals surface area (Å²) in [7, 11) is 0. The SMILES string of the molecule is Cc1noc([C@@H]2CCCN(C[C@@H](O)c3ccc4c(c3)OCCO4)C2)n1. The first-order chi connectivity index (χ1) is 12.2. The molecule has 0 unspecified atom stereocenters. The average Bonchev–Trinajstić information content (AvgIpc) is 3.08. The second-order valence-electron chi connectivity index (χ2n) is 6.70. The van der Waals surface area contributed by atoms with E-state index in [9.17, 15) is 5.11 Å². The van der Waals surface area contributed by atoms with Gasteiger partial charge in [0.05, 0.1) is 12.0 Å². The van der Waals surface area contributed by atoms with Crippen molar-refractivity contribution >= 4 is 0 Å². The van der Waals surface area contributed by atoms with Gasteiger partial charge >= 0.3 is 0 Å². The van der Waals surface area contributed by atoms with Crippen molar-refractivity contribution in [2.75, 3.05) is 32.8 Å². The van der Waals surface area contributed by atoms with Gasteiger partial charge in [0.15, 0.2) is 17.3 Å². The molecule has 134 valence electrons. The van der Waals surface area contributed by atoms with Gasteiger partial charge in [-0.25, -0.2) is 0 Å². The summed E-state index contributed by atoms with van der Waals surface area (Å²) < 4.78 is 16.5. The van der Waals surface area contributed by atoms with E-state index in [1.807, 2.05) is 25.1 Å². The van der Waals surface area contributed by atoms with Crippen LogP contribution in [0.25, 0.3) is 0 Å². The van der Waals surface area contributed by atoms with Crippen LogP contribution >= 0.6 is 0 Å². The summed E-state index contributed by atoms with van der Waals surface area (Å²) in [4.78, 5) is 6.62. The van der Waals surface area contributed by atoms with Crippen molar-refractivity contribution in [1.82, 2.24) is 15.0 Å². The van der Waals surface area contributed by atoms with Gasteiger partial charge in [0.1, 0.15) is 13.2 Å². The maximum atomic E-state index is 10.6. The molecular weight excluding hydrogens is 322 g/mol. The third kappa shape index (κ3) is 3.62. The molecule has 0 spiro atoms. The van der Waals surface area contributed by atoms with E-state index in [1.54, 1.807) is 0 Å². The number of rotatable bonds is 4. The number of β-amino-alcohol motifs (C(OH)–C–C–N with tert-alkyl or cyclic N) is 1. The van der Waals surface area contributed by atoms with E-state index >= 15 is 0 Å². The Hall–Kier alpha value is -2.12. The lowest BCUT2D eigenvalue weighted by Crippen LogP contribution is -2.37. The molecule has 2 atom stereocenters. The molecule has 2 aliphatic heterocycles. The quantitative estimate of drug-likeness (QED) is 0.908. The van der Waals surface area contributed by atoms with Crippen molar-refractivity contribution in [3.05, 3.63) is 35.5 Å². The maximum Gasteiger partial charge on any atom is 0.231 e. The van der Waals surface area contributed by atoms with Crippen LogP contribution in [0.15, 0.2) is 22.7 Å². The van der Waals surface area contributed by atoms with Crippen molar-refractivity contribution in [2.45, 2.75) is 31.8 Å². The van der Waals surface area contributed by atoms with Crippen LogP contribution in [-0.4, -0.2) is 53.0 Å². The summed E-state index contributed by atoms with van der Waals surface area (Å²) in [6.45, 7) is 5.31. The highest BCUT2D eigenvalue weighted by molar-refractivity contribution is 5.44. The Morgan fingerprint density at radius 2 is 2.12 bits per heavy atom. The molecule has 2 aromatic rings. The fraction of sp³-hybridized carbons (Fsp3) is 0.556. The zero-order valence-electron chi connectivity index (χ0n) is 14.4. The molecule has 1 saturated heterocycles. The van der Waals surface area contributed by atoms with E-state index in [0.29, 0.717) is 37.2 Å². The first-order valence-corrected chi connectivity index (χ1v) is 8.79. The lowest BCUT2D eigenvalue weighted by atomic mass is 9.97. The van der Waals surface area contributed by atoms with Crippen LogP contribution in [0.5, 0.6) is 11.5 Å². The highest BCUT2D eigenvalue weighted by Gasteiger charge is 2.27. The fourth-order valence-corrected chi connectivity index (χ4v) is 3.52. The summed E-state index contributed by atoms with van der Waals surface area (Å²) in [5.74, 6) is 3.06. The first kappa shape index (κ1) is 16.4. The molecule has 4 rings (SSSR count). The van der Waals surface area contributed by atoms with Crippen LogP contribution < -0.4 is 9.47 Å². The minimum absolute atomic E-state index is 0.238. The van der Waals surface area contributed by atoms with Gasteiger partial charge in [-0.05, 0) is 44.0 Å². The molecule has 2 aliphatic rings. The highest BCUT2D eigenvalue weighted by Crippen LogP contribution is 2.33. The number of aryl methyl sites for hydroxylation is 1. The van der Waals surface area contributed by atoms with Gasteiger partial charge in [0, 0.05) is 13.1 Å². The van der Waals surface area contributed by atoms with E-state index in [0.717, 1.165) is 37.2 Å². The number of likely N-dealkylation sites (tertiary alicyclic amines) is 1. The number of hydrogen-bond donors (Lipinski definition) is 1. The lowest BCUT2D eigenvalue weighted by molar-refractivity contribution is 0.0904. The number of nitrogens with zero attached hydrogens (tertiary/aromatic N) is 3. The molecule has 7 nitrogen and oxygen atoms in total. The number of ether oxygens (including phenoxy) is 2. The third-order valence-corrected chi connectivity index (χ3v) is 4.78. The normalized spacial score (nSPS) is 21.9. The molecule has 1 fully saturated rings. The van der Waals surface area contributed by atoms with Gasteiger partial charge in [-0.15, -0.1) is 0 Å². The van der Waals surface area contributed by atoms with Gasteiger partial charge < -0.3 is 19.1 Å². The number of aliphatic hydroxyl groups excluding tert-OH is 1. The van der Waals surface area contributed by atoms with Crippen molar-refractivity contribution in [1.29, 1.82) is 0 Å². The van der Waals surface area contributed by atoms with Gasteiger partial charge in [0.25, 0.3) is 0 Å². The second kappa shape index (κ2) is 7.01. The summed E-state index contributed by atoms with van der Waals surface area (Å²) in [6.07, 6.45) is 1.53. The molecule has 0 aliphatic carbocycles. The maximum absolute atomic E-state index is 10.6.